The van der Waals surface area contributed by atoms with E-state index >= 15 is 0 Å². The minimum Gasteiger partial charge on any atom is -0.329 e. The largest absolute Gasteiger partial charge is 0.329 e. The lowest BCUT2D eigenvalue weighted by molar-refractivity contribution is 0.534. The van der Waals surface area contributed by atoms with Crippen LogP contribution in [0.5, 0.6) is 0 Å². The summed E-state index contributed by atoms with van der Waals surface area (Å²) in [5, 5.41) is 0. The predicted octanol–water partition coefficient (Wildman–Crippen LogP) is 0.443. The Morgan fingerprint density at radius 2 is 2.08 bits per heavy atom. The first-order valence-electron chi connectivity index (χ1n) is 4.72. The zero-order valence-corrected chi connectivity index (χ0v) is 9.23. The molecule has 0 spiro atoms. The van der Waals surface area contributed by atoms with Gasteiger partial charge in [0.1, 0.15) is 0 Å². The molecule has 0 saturated carbocycles. The summed E-state index contributed by atoms with van der Waals surface area (Å²) in [5.41, 5.74) is 5.17. The Morgan fingerprint density at radius 3 is 2.54 bits per heavy atom. The fourth-order valence-electron chi connectivity index (χ4n) is 1.09. The molecule has 0 bridgehead atoms. The highest BCUT2D eigenvalue weighted by molar-refractivity contribution is 7.89. The summed E-state index contributed by atoms with van der Waals surface area (Å²) >= 11 is 0. The molecule has 13 heavy (non-hydrogen) atoms. The van der Waals surface area contributed by atoms with Gasteiger partial charge in [0, 0.05) is 12.6 Å². The normalized spacial score (nSPS) is 14.4. The average molecular weight is 208 g/mol. The van der Waals surface area contributed by atoms with E-state index in [1.54, 1.807) is 0 Å². The molecule has 5 heteroatoms. The summed E-state index contributed by atoms with van der Waals surface area (Å²) in [4.78, 5) is 0. The van der Waals surface area contributed by atoms with Crippen molar-refractivity contribution >= 4 is 10.0 Å². The molecule has 1 atom stereocenters. The first-order valence-corrected chi connectivity index (χ1v) is 6.37. The van der Waals surface area contributed by atoms with Gasteiger partial charge in [0.2, 0.25) is 10.0 Å². The highest BCUT2D eigenvalue weighted by Gasteiger charge is 2.12. The van der Waals surface area contributed by atoms with Crippen LogP contribution in [0.1, 0.15) is 33.1 Å². The standard InChI is InChI=1S/C8H20N2O2S/c1-3-4-5-8(2)10-13(11,12)7-6-9/h8,10H,3-7,9H2,1-2H3. The Hall–Kier alpha value is -0.130. The van der Waals surface area contributed by atoms with Crippen molar-refractivity contribution in [2.45, 2.75) is 39.2 Å². The van der Waals surface area contributed by atoms with Gasteiger partial charge in [-0.15, -0.1) is 0 Å². The van der Waals surface area contributed by atoms with Crippen molar-refractivity contribution in [3.05, 3.63) is 0 Å². The number of nitrogens with one attached hydrogen (secondary N) is 1. The van der Waals surface area contributed by atoms with E-state index in [4.69, 9.17) is 5.73 Å². The van der Waals surface area contributed by atoms with E-state index < -0.39 is 10.0 Å². The van der Waals surface area contributed by atoms with Gasteiger partial charge in [-0.05, 0) is 13.3 Å². The molecule has 0 aromatic rings. The van der Waals surface area contributed by atoms with Crippen molar-refractivity contribution in [2.75, 3.05) is 12.3 Å². The van der Waals surface area contributed by atoms with Crippen LogP contribution in [0.15, 0.2) is 0 Å². The predicted molar refractivity (Wildman–Crippen MR) is 55.0 cm³/mol. The third-order valence-electron chi connectivity index (χ3n) is 1.76. The lowest BCUT2D eigenvalue weighted by atomic mass is 10.2. The smallest absolute Gasteiger partial charge is 0.213 e. The van der Waals surface area contributed by atoms with Gasteiger partial charge in [0.15, 0.2) is 0 Å². The molecule has 0 radical (unpaired) electrons. The minimum absolute atomic E-state index is 0.0173. The summed E-state index contributed by atoms with van der Waals surface area (Å²) in [6, 6.07) is 0.0245. The number of hydrogen-bond acceptors (Lipinski definition) is 3. The third-order valence-corrected chi connectivity index (χ3v) is 3.29. The molecule has 0 aliphatic heterocycles. The Labute approximate surface area is 80.9 Å². The average Bonchev–Trinajstić information content (AvgIpc) is 1.99. The Balaban J connectivity index is 3.82. The maximum absolute atomic E-state index is 11.2. The Kier molecular flexibility index (Phi) is 6.28. The van der Waals surface area contributed by atoms with Crippen molar-refractivity contribution in [3.63, 3.8) is 0 Å². The molecule has 0 aromatic carbocycles. The second-order valence-electron chi connectivity index (χ2n) is 3.27. The number of hydrogen-bond donors (Lipinski definition) is 2. The van der Waals surface area contributed by atoms with Gasteiger partial charge in [0.05, 0.1) is 5.75 Å². The molecule has 80 valence electrons. The number of sulfonamides is 1. The number of unbranched alkanes of at least 4 members (excludes halogenated alkanes) is 1. The summed E-state index contributed by atoms with van der Waals surface area (Å²) in [6.45, 7) is 4.14. The summed E-state index contributed by atoms with van der Waals surface area (Å²) < 4.78 is 25.0. The minimum atomic E-state index is -3.14. The molecule has 0 rings (SSSR count). The van der Waals surface area contributed by atoms with Crippen molar-refractivity contribution in [2.24, 2.45) is 5.73 Å². The fourth-order valence-corrected chi connectivity index (χ4v) is 2.25. The summed E-state index contributed by atoms with van der Waals surface area (Å²) in [5.74, 6) is 0.0173. The molecule has 0 amide bonds. The van der Waals surface area contributed by atoms with Gasteiger partial charge in [-0.1, -0.05) is 19.8 Å². The lowest BCUT2D eigenvalue weighted by Gasteiger charge is -2.12. The van der Waals surface area contributed by atoms with Gasteiger partial charge in [-0.3, -0.25) is 0 Å². The molecule has 4 nitrogen and oxygen atoms in total. The van der Waals surface area contributed by atoms with Crippen molar-refractivity contribution in [1.82, 2.24) is 4.72 Å². The van der Waals surface area contributed by atoms with E-state index in [0.717, 1.165) is 19.3 Å². The second kappa shape index (κ2) is 6.34. The lowest BCUT2D eigenvalue weighted by Crippen LogP contribution is -2.36. The van der Waals surface area contributed by atoms with Crippen LogP contribution in [0.4, 0.5) is 0 Å². The first-order chi connectivity index (χ1) is 6.02. The summed E-state index contributed by atoms with van der Waals surface area (Å²) in [7, 11) is -3.14. The molecule has 3 N–H and O–H groups in total. The van der Waals surface area contributed by atoms with Gasteiger partial charge in [-0.25, -0.2) is 13.1 Å². The van der Waals surface area contributed by atoms with Crippen LogP contribution in [0.25, 0.3) is 0 Å². The topological polar surface area (TPSA) is 72.2 Å². The van der Waals surface area contributed by atoms with E-state index in [9.17, 15) is 8.42 Å². The summed E-state index contributed by atoms with van der Waals surface area (Å²) in [6.07, 6.45) is 3.02. The van der Waals surface area contributed by atoms with Gasteiger partial charge >= 0.3 is 0 Å². The van der Waals surface area contributed by atoms with Crippen LogP contribution in [0.3, 0.4) is 0 Å². The van der Waals surface area contributed by atoms with Crippen molar-refractivity contribution in [3.8, 4) is 0 Å². The zero-order valence-electron chi connectivity index (χ0n) is 8.41. The van der Waals surface area contributed by atoms with Gasteiger partial charge in [0.25, 0.3) is 0 Å². The fraction of sp³-hybridized carbons (Fsp3) is 1.00. The molecular weight excluding hydrogens is 188 g/mol. The van der Waals surface area contributed by atoms with Crippen LogP contribution < -0.4 is 10.5 Å². The molecule has 0 aliphatic rings. The number of rotatable bonds is 7. The van der Waals surface area contributed by atoms with Crippen LogP contribution in [0, 0.1) is 0 Å². The van der Waals surface area contributed by atoms with Crippen molar-refractivity contribution in [1.29, 1.82) is 0 Å². The van der Waals surface area contributed by atoms with Crippen LogP contribution in [-0.2, 0) is 10.0 Å². The van der Waals surface area contributed by atoms with Crippen LogP contribution in [0.2, 0.25) is 0 Å². The van der Waals surface area contributed by atoms with Crippen molar-refractivity contribution < 1.29 is 8.42 Å². The van der Waals surface area contributed by atoms with E-state index in [1.165, 1.54) is 0 Å². The molecule has 0 aliphatic carbocycles. The SMILES string of the molecule is CCCCC(C)NS(=O)(=O)CCN. The molecular formula is C8H20N2O2S. The molecule has 1 unspecified atom stereocenters. The molecule has 0 heterocycles. The monoisotopic (exact) mass is 208 g/mol. The van der Waals surface area contributed by atoms with E-state index in [1.807, 2.05) is 6.92 Å². The zero-order chi connectivity index (χ0) is 10.3. The first kappa shape index (κ1) is 12.9. The quantitative estimate of drug-likeness (QED) is 0.638. The van der Waals surface area contributed by atoms with Gasteiger partial charge in [-0.2, -0.15) is 0 Å². The van der Waals surface area contributed by atoms with E-state index in [-0.39, 0.29) is 18.3 Å². The molecule has 0 fully saturated rings. The van der Waals surface area contributed by atoms with Crippen LogP contribution in [-0.4, -0.2) is 26.8 Å². The maximum Gasteiger partial charge on any atom is 0.213 e. The highest BCUT2D eigenvalue weighted by Crippen LogP contribution is 2.00. The third kappa shape index (κ3) is 6.98. The van der Waals surface area contributed by atoms with Crippen LogP contribution >= 0.6 is 0 Å². The Bertz CT molecular complexity index is 214. The second-order valence-corrected chi connectivity index (χ2v) is 5.14. The van der Waals surface area contributed by atoms with E-state index in [2.05, 4.69) is 11.6 Å². The molecule has 0 aromatic heterocycles. The number of nitrogens with two attached hydrogens (primary N) is 1. The Morgan fingerprint density at radius 1 is 1.46 bits per heavy atom. The maximum atomic E-state index is 11.2. The molecule has 0 saturated heterocycles. The van der Waals surface area contributed by atoms with E-state index in [0.29, 0.717) is 0 Å². The van der Waals surface area contributed by atoms with Gasteiger partial charge < -0.3 is 5.73 Å². The highest BCUT2D eigenvalue weighted by atomic mass is 32.2.